The number of benzene rings is 3. The number of hydrogen-bond donors (Lipinski definition) is 2. The average molecular weight is 505 g/mol. The van der Waals surface area contributed by atoms with E-state index in [1.54, 1.807) is 24.3 Å². The fourth-order valence-electron chi connectivity index (χ4n) is 3.79. The van der Waals surface area contributed by atoms with Crippen molar-refractivity contribution in [3.05, 3.63) is 78.9 Å². The van der Waals surface area contributed by atoms with E-state index in [0.717, 1.165) is 17.9 Å². The molecule has 7 nitrogen and oxygen atoms in total. The summed E-state index contributed by atoms with van der Waals surface area (Å²) < 4.78 is 34.4. The molecule has 0 radical (unpaired) electrons. The first-order valence-corrected chi connectivity index (χ1v) is 13.9. The lowest BCUT2D eigenvalue weighted by Gasteiger charge is -2.14. The van der Waals surface area contributed by atoms with Gasteiger partial charge in [-0.25, -0.2) is 18.4 Å². The summed E-state index contributed by atoms with van der Waals surface area (Å²) in [6.45, 7) is 2.92. The summed E-state index contributed by atoms with van der Waals surface area (Å²) in [5.74, 6) is 1.23. The second kappa shape index (κ2) is 12.4. The lowest BCUT2D eigenvalue weighted by atomic mass is 10.1. The molecular weight excluding hydrogens is 472 g/mol. The molecular formula is C28H32N4O3S. The van der Waals surface area contributed by atoms with Crippen molar-refractivity contribution in [2.24, 2.45) is 0 Å². The average Bonchev–Trinajstić information content (AvgIpc) is 2.90. The molecule has 0 saturated carbocycles. The van der Waals surface area contributed by atoms with Crippen LogP contribution >= 0.6 is 0 Å². The summed E-state index contributed by atoms with van der Waals surface area (Å²) in [5, 5.41) is 3.21. The Hall–Kier alpha value is -3.65. The Bertz CT molecular complexity index is 1360. The van der Waals surface area contributed by atoms with Gasteiger partial charge in [-0.3, -0.25) is 4.72 Å². The number of ether oxygens (including phenoxy) is 1. The first-order valence-electron chi connectivity index (χ1n) is 12.4. The predicted molar refractivity (Wildman–Crippen MR) is 145 cm³/mol. The number of nitrogens with one attached hydrogen (secondary N) is 2. The monoisotopic (exact) mass is 504 g/mol. The zero-order chi connectivity index (χ0) is 25.2. The minimum absolute atomic E-state index is 0.126. The second-order valence-corrected chi connectivity index (χ2v) is 10.3. The zero-order valence-electron chi connectivity index (χ0n) is 20.5. The highest BCUT2D eigenvalue weighted by atomic mass is 32.2. The summed E-state index contributed by atoms with van der Waals surface area (Å²) in [6.07, 6.45) is 7.32. The molecule has 0 aliphatic rings. The van der Waals surface area contributed by atoms with Crippen molar-refractivity contribution >= 4 is 38.4 Å². The maximum atomic E-state index is 13.0. The van der Waals surface area contributed by atoms with Crippen LogP contribution in [0.4, 0.5) is 17.3 Å². The molecule has 0 spiro atoms. The maximum absolute atomic E-state index is 13.0. The van der Waals surface area contributed by atoms with E-state index in [-0.39, 0.29) is 10.7 Å². The normalized spacial score (nSPS) is 11.4. The highest BCUT2D eigenvalue weighted by Gasteiger charge is 2.18. The SMILES string of the molecule is CCCCCCCCOc1ccc(Nc2nc3ccccc3nc2NS(=O)(=O)c2ccccc2)cc1. The van der Waals surface area contributed by atoms with Crippen molar-refractivity contribution in [2.45, 2.75) is 50.3 Å². The molecule has 0 aliphatic carbocycles. The molecule has 1 aromatic heterocycles. The van der Waals surface area contributed by atoms with Gasteiger partial charge in [0.15, 0.2) is 11.6 Å². The van der Waals surface area contributed by atoms with Crippen LogP contribution in [-0.2, 0) is 10.0 Å². The van der Waals surface area contributed by atoms with Gasteiger partial charge in [0.1, 0.15) is 5.75 Å². The summed E-state index contributed by atoms with van der Waals surface area (Å²) in [4.78, 5) is 9.32. The molecule has 2 N–H and O–H groups in total. The van der Waals surface area contributed by atoms with E-state index in [4.69, 9.17) is 4.74 Å². The fourth-order valence-corrected chi connectivity index (χ4v) is 4.82. The molecule has 0 saturated heterocycles. The fraction of sp³-hybridized carbons (Fsp3) is 0.286. The van der Waals surface area contributed by atoms with Crippen LogP contribution in [0.15, 0.2) is 83.8 Å². The minimum Gasteiger partial charge on any atom is -0.494 e. The van der Waals surface area contributed by atoms with Crippen LogP contribution in [0, 0.1) is 0 Å². The zero-order valence-corrected chi connectivity index (χ0v) is 21.3. The van der Waals surface area contributed by atoms with Gasteiger partial charge in [0, 0.05) is 5.69 Å². The maximum Gasteiger partial charge on any atom is 0.263 e. The number of aromatic nitrogens is 2. The minimum atomic E-state index is -3.84. The molecule has 36 heavy (non-hydrogen) atoms. The molecule has 0 atom stereocenters. The van der Waals surface area contributed by atoms with Gasteiger partial charge < -0.3 is 10.1 Å². The Labute approximate surface area is 213 Å². The third-order valence-corrected chi connectivity index (χ3v) is 7.09. The van der Waals surface area contributed by atoms with Crippen molar-refractivity contribution in [3.8, 4) is 5.75 Å². The molecule has 3 aromatic carbocycles. The number of unbranched alkanes of at least 4 members (excludes halogenated alkanes) is 5. The van der Waals surface area contributed by atoms with E-state index in [0.29, 0.717) is 23.5 Å². The Kier molecular flexibility index (Phi) is 8.73. The van der Waals surface area contributed by atoms with Crippen molar-refractivity contribution in [1.82, 2.24) is 9.97 Å². The first kappa shape index (κ1) is 25.4. The molecule has 8 heteroatoms. The number of anilines is 3. The largest absolute Gasteiger partial charge is 0.494 e. The molecule has 4 rings (SSSR count). The topological polar surface area (TPSA) is 93.2 Å². The predicted octanol–water partition coefficient (Wildman–Crippen LogP) is 6.91. The summed E-state index contributed by atoms with van der Waals surface area (Å²) in [7, 11) is -3.84. The van der Waals surface area contributed by atoms with Crippen molar-refractivity contribution < 1.29 is 13.2 Å². The standard InChI is InChI=1S/C28H32N4O3S/c1-2-3-4-5-6-12-21-35-23-19-17-22(18-20-23)29-27-28(31-26-16-11-10-15-25(26)30-27)32-36(33,34)24-13-8-7-9-14-24/h7-11,13-20H,2-6,12,21H2,1H3,(H,29,30)(H,31,32). The summed E-state index contributed by atoms with van der Waals surface area (Å²) >= 11 is 0. The van der Waals surface area contributed by atoms with Crippen LogP contribution in [0.1, 0.15) is 45.4 Å². The van der Waals surface area contributed by atoms with Gasteiger partial charge in [-0.05, 0) is 55.0 Å². The summed E-state index contributed by atoms with van der Waals surface area (Å²) in [5.41, 5.74) is 1.99. The van der Waals surface area contributed by atoms with Crippen molar-refractivity contribution in [3.63, 3.8) is 0 Å². The molecule has 0 aliphatic heterocycles. The van der Waals surface area contributed by atoms with E-state index in [2.05, 4.69) is 26.9 Å². The van der Waals surface area contributed by atoms with Crippen LogP contribution < -0.4 is 14.8 Å². The van der Waals surface area contributed by atoms with Crippen LogP contribution in [0.5, 0.6) is 5.75 Å². The number of para-hydroxylation sites is 2. The Morgan fingerprint density at radius 1 is 0.722 bits per heavy atom. The number of nitrogens with zero attached hydrogens (tertiary/aromatic N) is 2. The van der Waals surface area contributed by atoms with Crippen LogP contribution in [-0.4, -0.2) is 25.0 Å². The van der Waals surface area contributed by atoms with Crippen molar-refractivity contribution in [2.75, 3.05) is 16.6 Å². The second-order valence-electron chi connectivity index (χ2n) is 8.59. The van der Waals surface area contributed by atoms with Gasteiger partial charge >= 0.3 is 0 Å². The third kappa shape index (κ3) is 6.95. The number of fused-ring (bicyclic) bond motifs is 1. The molecule has 188 valence electrons. The molecule has 0 fully saturated rings. The number of sulfonamides is 1. The van der Waals surface area contributed by atoms with Crippen molar-refractivity contribution in [1.29, 1.82) is 0 Å². The molecule has 0 amide bonds. The van der Waals surface area contributed by atoms with E-state index in [9.17, 15) is 8.42 Å². The first-order chi connectivity index (χ1) is 17.5. The van der Waals surface area contributed by atoms with E-state index in [1.165, 1.54) is 44.2 Å². The van der Waals surface area contributed by atoms with Gasteiger partial charge in [0.05, 0.1) is 22.5 Å². The third-order valence-electron chi connectivity index (χ3n) is 5.74. The van der Waals surface area contributed by atoms with Crippen LogP contribution in [0.2, 0.25) is 0 Å². The molecule has 0 unspecified atom stereocenters. The van der Waals surface area contributed by atoms with E-state index < -0.39 is 10.0 Å². The highest BCUT2D eigenvalue weighted by Crippen LogP contribution is 2.28. The number of rotatable bonds is 13. The molecule has 1 heterocycles. The number of hydrogen-bond acceptors (Lipinski definition) is 6. The lowest BCUT2D eigenvalue weighted by molar-refractivity contribution is 0.304. The van der Waals surface area contributed by atoms with Crippen LogP contribution in [0.25, 0.3) is 11.0 Å². The van der Waals surface area contributed by atoms with Gasteiger partial charge in [-0.15, -0.1) is 0 Å². The van der Waals surface area contributed by atoms with Gasteiger partial charge in [-0.1, -0.05) is 69.4 Å². The quantitative estimate of drug-likeness (QED) is 0.192. The Morgan fingerprint density at radius 3 is 2.03 bits per heavy atom. The van der Waals surface area contributed by atoms with E-state index in [1.807, 2.05) is 42.5 Å². The molecule has 0 bridgehead atoms. The highest BCUT2D eigenvalue weighted by molar-refractivity contribution is 7.92. The van der Waals surface area contributed by atoms with Crippen LogP contribution in [0.3, 0.4) is 0 Å². The molecule has 4 aromatic rings. The summed E-state index contributed by atoms with van der Waals surface area (Å²) in [6, 6.07) is 23.1. The van der Waals surface area contributed by atoms with Gasteiger partial charge in [0.25, 0.3) is 10.0 Å². The Morgan fingerprint density at radius 2 is 1.33 bits per heavy atom. The lowest BCUT2D eigenvalue weighted by Crippen LogP contribution is -2.16. The van der Waals surface area contributed by atoms with Gasteiger partial charge in [0.2, 0.25) is 0 Å². The smallest absolute Gasteiger partial charge is 0.263 e. The van der Waals surface area contributed by atoms with E-state index >= 15 is 0 Å². The van der Waals surface area contributed by atoms with Gasteiger partial charge in [-0.2, -0.15) is 0 Å². The Balaban J connectivity index is 1.47.